The van der Waals surface area contributed by atoms with Crippen LogP contribution in [0.4, 0.5) is 0 Å². The quantitative estimate of drug-likeness (QED) is 0.533. The first kappa shape index (κ1) is 17.6. The van der Waals surface area contributed by atoms with Crippen LogP contribution in [0.2, 0.25) is 5.02 Å². The second-order valence-electron chi connectivity index (χ2n) is 5.96. The van der Waals surface area contributed by atoms with Crippen LogP contribution in [-0.2, 0) is 6.54 Å². The average molecular weight is 398 g/mol. The molecule has 0 fully saturated rings. The van der Waals surface area contributed by atoms with E-state index in [1.165, 1.54) is 11.3 Å². The lowest BCUT2D eigenvalue weighted by Gasteiger charge is -2.03. The van der Waals surface area contributed by atoms with Gasteiger partial charge in [-0.05, 0) is 35.4 Å². The summed E-state index contributed by atoms with van der Waals surface area (Å²) in [7, 11) is 1.65. The Labute approximate surface area is 165 Å². The molecule has 5 nitrogen and oxygen atoms in total. The van der Waals surface area contributed by atoms with Crippen molar-refractivity contribution in [3.63, 3.8) is 0 Å². The molecule has 0 radical (unpaired) electrons. The number of thiazole rings is 1. The predicted molar refractivity (Wildman–Crippen MR) is 108 cm³/mol. The maximum atomic E-state index is 12.4. The normalized spacial score (nSPS) is 10.9. The Morgan fingerprint density at radius 3 is 2.85 bits per heavy atom. The molecule has 1 amide bonds. The van der Waals surface area contributed by atoms with E-state index in [-0.39, 0.29) is 5.91 Å². The molecular formula is C20H16ClN3O2S. The van der Waals surface area contributed by atoms with Gasteiger partial charge in [-0.15, -0.1) is 0 Å². The van der Waals surface area contributed by atoms with Gasteiger partial charge in [-0.25, -0.2) is 4.98 Å². The standard InChI is InChI=1S/C20H16ClN3O2S/c1-26-16-7-3-5-14(9-16)18-12-24-11-17(23-20(24)27-18)19(25)22-10-13-4-2-6-15(21)8-13/h2-9,11-12H,10H2,1H3,(H,22,25). The van der Waals surface area contributed by atoms with Crippen molar-refractivity contribution in [3.8, 4) is 16.2 Å². The first-order chi connectivity index (χ1) is 13.1. The highest BCUT2D eigenvalue weighted by Gasteiger charge is 2.14. The van der Waals surface area contributed by atoms with Crippen molar-refractivity contribution >= 4 is 33.8 Å². The van der Waals surface area contributed by atoms with Crippen LogP contribution in [0, 0.1) is 0 Å². The van der Waals surface area contributed by atoms with E-state index in [4.69, 9.17) is 16.3 Å². The van der Waals surface area contributed by atoms with Gasteiger partial charge in [0.1, 0.15) is 11.4 Å². The summed E-state index contributed by atoms with van der Waals surface area (Å²) >= 11 is 7.49. The Hall–Kier alpha value is -2.83. The minimum Gasteiger partial charge on any atom is -0.497 e. The third-order valence-corrected chi connectivity index (χ3v) is 5.37. The molecule has 2 aromatic heterocycles. The molecule has 27 heavy (non-hydrogen) atoms. The second-order valence-corrected chi connectivity index (χ2v) is 7.40. The number of nitrogens with one attached hydrogen (secondary N) is 1. The van der Waals surface area contributed by atoms with Crippen LogP contribution in [-0.4, -0.2) is 22.4 Å². The topological polar surface area (TPSA) is 55.6 Å². The number of hydrogen-bond donors (Lipinski definition) is 1. The Balaban J connectivity index is 1.50. The van der Waals surface area contributed by atoms with Gasteiger partial charge in [0.05, 0.1) is 12.0 Å². The van der Waals surface area contributed by atoms with E-state index in [9.17, 15) is 4.79 Å². The van der Waals surface area contributed by atoms with E-state index in [2.05, 4.69) is 10.3 Å². The molecular weight excluding hydrogens is 382 g/mol. The number of nitrogens with zero attached hydrogens (tertiary/aromatic N) is 2. The van der Waals surface area contributed by atoms with Crippen molar-refractivity contribution in [2.45, 2.75) is 6.54 Å². The van der Waals surface area contributed by atoms with Crippen molar-refractivity contribution in [3.05, 3.63) is 77.2 Å². The molecule has 1 N–H and O–H groups in total. The Bertz CT molecular complexity index is 1090. The zero-order valence-electron chi connectivity index (χ0n) is 14.5. The number of rotatable bonds is 5. The molecule has 0 aliphatic heterocycles. The number of imidazole rings is 1. The number of aromatic nitrogens is 2. The molecule has 0 unspecified atom stereocenters. The average Bonchev–Trinajstić information content (AvgIpc) is 3.25. The molecule has 136 valence electrons. The molecule has 4 aromatic rings. The lowest BCUT2D eigenvalue weighted by Crippen LogP contribution is -2.23. The van der Waals surface area contributed by atoms with Gasteiger partial charge < -0.3 is 10.1 Å². The van der Waals surface area contributed by atoms with E-state index < -0.39 is 0 Å². The highest BCUT2D eigenvalue weighted by atomic mass is 35.5. The van der Waals surface area contributed by atoms with Gasteiger partial charge in [-0.3, -0.25) is 9.20 Å². The highest BCUT2D eigenvalue weighted by Crippen LogP contribution is 2.30. The van der Waals surface area contributed by atoms with Gasteiger partial charge in [0, 0.05) is 24.0 Å². The van der Waals surface area contributed by atoms with Crippen molar-refractivity contribution in [1.29, 1.82) is 0 Å². The summed E-state index contributed by atoms with van der Waals surface area (Å²) in [5.41, 5.74) is 2.38. The smallest absolute Gasteiger partial charge is 0.271 e. The number of carbonyl (C=O) groups excluding carboxylic acids is 1. The Morgan fingerprint density at radius 1 is 1.22 bits per heavy atom. The van der Waals surface area contributed by atoms with Gasteiger partial charge in [-0.2, -0.15) is 0 Å². The number of amides is 1. The molecule has 0 saturated carbocycles. The number of halogens is 1. The third kappa shape index (κ3) is 3.82. The summed E-state index contributed by atoms with van der Waals surface area (Å²) in [6.45, 7) is 0.402. The fraction of sp³-hybridized carbons (Fsp3) is 0.100. The van der Waals surface area contributed by atoms with Gasteiger partial charge in [0.2, 0.25) is 0 Å². The Morgan fingerprint density at radius 2 is 2.07 bits per heavy atom. The Kier molecular flexibility index (Phi) is 4.83. The lowest BCUT2D eigenvalue weighted by atomic mass is 10.2. The molecule has 2 aromatic carbocycles. The molecule has 0 atom stereocenters. The van der Waals surface area contributed by atoms with E-state index in [1.807, 2.05) is 53.1 Å². The van der Waals surface area contributed by atoms with Crippen molar-refractivity contribution in [1.82, 2.24) is 14.7 Å². The van der Waals surface area contributed by atoms with Gasteiger partial charge in [-0.1, -0.05) is 47.2 Å². The first-order valence-corrected chi connectivity index (χ1v) is 9.47. The van der Waals surface area contributed by atoms with Crippen LogP contribution in [0.5, 0.6) is 5.75 Å². The summed E-state index contributed by atoms with van der Waals surface area (Å²) in [5.74, 6) is 0.591. The summed E-state index contributed by atoms with van der Waals surface area (Å²) in [4.78, 5) is 18.6. The number of methoxy groups -OCH3 is 1. The van der Waals surface area contributed by atoms with E-state index in [1.54, 1.807) is 19.4 Å². The minimum atomic E-state index is -0.214. The predicted octanol–water partition coefficient (Wildman–Crippen LogP) is 4.65. The molecule has 0 saturated heterocycles. The SMILES string of the molecule is COc1cccc(-c2cn3cc(C(=O)NCc4cccc(Cl)c4)nc3s2)c1. The summed E-state index contributed by atoms with van der Waals surface area (Å²) in [6, 6.07) is 15.3. The van der Waals surface area contributed by atoms with Crippen molar-refractivity contribution < 1.29 is 9.53 Å². The monoisotopic (exact) mass is 397 g/mol. The lowest BCUT2D eigenvalue weighted by molar-refractivity contribution is 0.0946. The van der Waals surface area contributed by atoms with Gasteiger partial charge in [0.15, 0.2) is 4.96 Å². The van der Waals surface area contributed by atoms with Crippen LogP contribution in [0.3, 0.4) is 0 Å². The highest BCUT2D eigenvalue weighted by molar-refractivity contribution is 7.20. The van der Waals surface area contributed by atoms with Crippen LogP contribution in [0.25, 0.3) is 15.4 Å². The van der Waals surface area contributed by atoms with Crippen LogP contribution in [0.15, 0.2) is 60.9 Å². The van der Waals surface area contributed by atoms with E-state index >= 15 is 0 Å². The number of ether oxygens (including phenoxy) is 1. The van der Waals surface area contributed by atoms with E-state index in [0.29, 0.717) is 17.3 Å². The first-order valence-electron chi connectivity index (χ1n) is 8.28. The summed E-state index contributed by atoms with van der Waals surface area (Å²) < 4.78 is 7.14. The fourth-order valence-electron chi connectivity index (χ4n) is 2.73. The number of fused-ring (bicyclic) bond motifs is 1. The number of carbonyl (C=O) groups is 1. The van der Waals surface area contributed by atoms with Crippen LogP contribution >= 0.6 is 22.9 Å². The number of hydrogen-bond acceptors (Lipinski definition) is 4. The van der Waals surface area contributed by atoms with Gasteiger partial charge in [0.25, 0.3) is 5.91 Å². The minimum absolute atomic E-state index is 0.214. The van der Waals surface area contributed by atoms with Crippen molar-refractivity contribution in [2.24, 2.45) is 0 Å². The zero-order valence-corrected chi connectivity index (χ0v) is 16.1. The maximum Gasteiger partial charge on any atom is 0.271 e. The molecule has 0 aliphatic rings. The fourth-order valence-corrected chi connectivity index (χ4v) is 3.91. The zero-order chi connectivity index (χ0) is 18.8. The molecule has 2 heterocycles. The van der Waals surface area contributed by atoms with Crippen LogP contribution in [0.1, 0.15) is 16.1 Å². The molecule has 0 spiro atoms. The molecule has 0 bridgehead atoms. The number of benzene rings is 2. The largest absolute Gasteiger partial charge is 0.497 e. The summed E-state index contributed by atoms with van der Waals surface area (Å²) in [5, 5.41) is 3.52. The van der Waals surface area contributed by atoms with Crippen LogP contribution < -0.4 is 10.1 Å². The maximum absolute atomic E-state index is 12.4. The third-order valence-electron chi connectivity index (χ3n) is 4.08. The second kappa shape index (κ2) is 7.42. The van der Waals surface area contributed by atoms with Gasteiger partial charge >= 0.3 is 0 Å². The van der Waals surface area contributed by atoms with Crippen molar-refractivity contribution in [2.75, 3.05) is 7.11 Å². The molecule has 0 aliphatic carbocycles. The summed E-state index contributed by atoms with van der Waals surface area (Å²) in [6.07, 6.45) is 3.71. The van der Waals surface area contributed by atoms with E-state index in [0.717, 1.165) is 26.7 Å². The molecule has 4 rings (SSSR count). The molecule has 7 heteroatoms.